The molecule has 0 unspecified atom stereocenters. The summed E-state index contributed by atoms with van der Waals surface area (Å²) in [6, 6.07) is 20.7. The van der Waals surface area contributed by atoms with E-state index in [1.165, 1.54) is 33.4 Å². The zero-order chi connectivity index (χ0) is 44.9. The molecule has 15 nitrogen and oxygen atoms in total. The van der Waals surface area contributed by atoms with Crippen molar-refractivity contribution in [3.8, 4) is 17.2 Å². The maximum atomic E-state index is 5.47. The number of nitrogens with zero attached hydrogens (tertiary/aromatic N) is 7. The van der Waals surface area contributed by atoms with E-state index in [-0.39, 0.29) is 0 Å². The van der Waals surface area contributed by atoms with Crippen LogP contribution in [0, 0.1) is 34.6 Å². The van der Waals surface area contributed by atoms with Gasteiger partial charge in [-0.3, -0.25) is 9.98 Å². The first-order valence-electron chi connectivity index (χ1n) is 22.2. The van der Waals surface area contributed by atoms with Crippen molar-refractivity contribution in [3.63, 3.8) is 0 Å². The van der Waals surface area contributed by atoms with Gasteiger partial charge in [0.1, 0.15) is 48.1 Å². The molecule has 0 atom stereocenters. The van der Waals surface area contributed by atoms with Crippen LogP contribution in [0.4, 0.5) is 5.69 Å². The Bertz CT molecular complexity index is 3380. The van der Waals surface area contributed by atoms with Gasteiger partial charge in [0, 0.05) is 49.0 Å². The molecule has 4 aliphatic heterocycles. The number of aliphatic imine (C=N–C) groups is 2. The Balaban J connectivity index is 0.0000000912. The van der Waals surface area contributed by atoms with Gasteiger partial charge in [-0.05, 0) is 105 Å². The Morgan fingerprint density at radius 3 is 1.76 bits per heavy atom. The highest BCUT2D eigenvalue weighted by Crippen LogP contribution is 2.34. The second-order valence-electron chi connectivity index (χ2n) is 16.9. The van der Waals surface area contributed by atoms with Gasteiger partial charge in [0.05, 0.1) is 74.0 Å². The van der Waals surface area contributed by atoms with Crippen molar-refractivity contribution in [1.29, 1.82) is 0 Å². The molecule has 15 rings (SSSR count). The molecule has 0 amide bonds. The molecule has 10 aromatic rings. The molecule has 66 heavy (non-hydrogen) atoms. The maximum Gasteiger partial charge on any atom is 0.163 e. The van der Waals surface area contributed by atoms with Crippen LogP contribution in [0.5, 0.6) is 17.2 Å². The lowest BCUT2D eigenvalue weighted by molar-refractivity contribution is 0.172. The monoisotopic (exact) mass is 876 g/mol. The lowest BCUT2D eigenvalue weighted by atomic mass is 10.1. The number of hydrogen-bond donors (Lipinski definition) is 5. The highest BCUT2D eigenvalue weighted by Gasteiger charge is 2.16. The number of aromatic amines is 5. The third-order valence-electron chi connectivity index (χ3n) is 11.9. The van der Waals surface area contributed by atoms with E-state index in [1.807, 2.05) is 71.3 Å². The van der Waals surface area contributed by atoms with Crippen LogP contribution in [0.15, 0.2) is 76.7 Å². The largest absolute Gasteiger partial charge is 0.493 e. The minimum Gasteiger partial charge on any atom is -0.493 e. The van der Waals surface area contributed by atoms with Crippen LogP contribution in [0.1, 0.15) is 62.5 Å². The highest BCUT2D eigenvalue weighted by atomic mass is 16.6. The van der Waals surface area contributed by atoms with Gasteiger partial charge in [-0.1, -0.05) is 18.2 Å². The van der Waals surface area contributed by atoms with Crippen LogP contribution < -0.4 is 14.2 Å². The van der Waals surface area contributed by atoms with Gasteiger partial charge in [-0.2, -0.15) is 0 Å². The summed E-state index contributed by atoms with van der Waals surface area (Å²) >= 11 is 0. The Morgan fingerprint density at radius 2 is 1.05 bits per heavy atom. The Kier molecular flexibility index (Phi) is 10.4. The van der Waals surface area contributed by atoms with E-state index >= 15 is 0 Å². The highest BCUT2D eigenvalue weighted by molar-refractivity contribution is 5.99. The molecule has 5 aliphatic rings. The zero-order valence-corrected chi connectivity index (χ0v) is 37.4. The van der Waals surface area contributed by atoms with Crippen molar-refractivity contribution in [2.75, 3.05) is 19.8 Å². The summed E-state index contributed by atoms with van der Waals surface area (Å²) in [5.74, 6) is 7.36. The molecule has 330 valence electrons. The number of benzene rings is 5. The van der Waals surface area contributed by atoms with Gasteiger partial charge < -0.3 is 39.1 Å². The first kappa shape index (κ1) is 40.7. The van der Waals surface area contributed by atoms with Crippen LogP contribution in [0.25, 0.3) is 61.2 Å². The Morgan fingerprint density at radius 1 is 0.485 bits per heavy atom. The third kappa shape index (κ3) is 8.15. The first-order chi connectivity index (χ1) is 32.1. The molecule has 0 saturated heterocycles. The van der Waals surface area contributed by atoms with Crippen molar-refractivity contribution >= 4 is 79.4 Å². The van der Waals surface area contributed by atoms with Crippen LogP contribution in [-0.2, 0) is 25.8 Å². The van der Waals surface area contributed by atoms with Crippen molar-refractivity contribution in [2.45, 2.75) is 60.4 Å². The number of rotatable bonds is 0. The quantitative estimate of drug-likeness (QED) is 0.0993. The number of ether oxygens (including phenoxy) is 3. The number of H-pyrrole nitrogens is 5. The minimum atomic E-state index is 0.613. The molecule has 5 aromatic heterocycles. The number of allylic oxidation sites excluding steroid dienone is 1. The predicted octanol–water partition coefficient (Wildman–Crippen LogP) is 9.82. The van der Waals surface area contributed by atoms with E-state index in [0.717, 1.165) is 140 Å². The Hall–Kier alpha value is -8.07. The van der Waals surface area contributed by atoms with Crippen molar-refractivity contribution in [2.24, 2.45) is 9.98 Å². The summed E-state index contributed by atoms with van der Waals surface area (Å²) in [6.07, 6.45) is 11.2. The van der Waals surface area contributed by atoms with Crippen molar-refractivity contribution in [3.05, 3.63) is 129 Å². The summed E-state index contributed by atoms with van der Waals surface area (Å²) in [6.45, 7) is 12.7. The zero-order valence-electron chi connectivity index (χ0n) is 37.4. The van der Waals surface area contributed by atoms with Gasteiger partial charge in [0.15, 0.2) is 11.5 Å². The number of aryl methyl sites for hydroxylation is 5. The van der Waals surface area contributed by atoms with E-state index in [0.29, 0.717) is 13.2 Å². The standard InChI is InChI=1S/C11H10N2.2C10H9N3.C10H10N2O2.C10H10N2O/c1-7-12-10-5-8-3-2-4-9(8)6-11(10)13-7;1-6-12-9-4-7-2-3-11-8(7)5-10(9)13-6;1-6-12-9-3-2-7-4-11-5-8(7)10(9)13-6;1-6-11-7-4-9-10(5-8(7)12-6)14-3-2-13-9;1-6-11-8-4-7-2-3-13-10(7)5-9(8)12-6/h2-3,5-6H,4H2,1H3,(H,12,13);3-5H,2H2,1H3,(H,12,13);2-3,5H,4H2,1H3,(H,12,13);4-5H,2-3H2,1H3,(H,11,12);4-5H,2-3H2,1H3,(H,11,12). The number of aromatic nitrogens is 10. The van der Waals surface area contributed by atoms with Crippen LogP contribution in [0.3, 0.4) is 0 Å². The molecule has 5 aromatic carbocycles. The smallest absolute Gasteiger partial charge is 0.163 e. The summed E-state index contributed by atoms with van der Waals surface area (Å²) in [4.78, 5) is 46.5. The summed E-state index contributed by atoms with van der Waals surface area (Å²) in [5.41, 5.74) is 19.3. The van der Waals surface area contributed by atoms with E-state index in [9.17, 15) is 0 Å². The average molecular weight is 877 g/mol. The summed E-state index contributed by atoms with van der Waals surface area (Å²) in [5, 5.41) is 0. The Labute approximate surface area is 378 Å². The van der Waals surface area contributed by atoms with Gasteiger partial charge in [0.2, 0.25) is 0 Å². The number of nitrogens with one attached hydrogen (secondary N) is 5. The number of fused-ring (bicyclic) bond motifs is 11. The molecule has 0 fully saturated rings. The number of hydrogen-bond acceptors (Lipinski definition) is 10. The molecular weight excluding hydrogens is 829 g/mol. The van der Waals surface area contributed by atoms with Gasteiger partial charge >= 0.3 is 0 Å². The fraction of sp³-hybridized carbons (Fsp3) is 0.235. The predicted molar refractivity (Wildman–Crippen MR) is 260 cm³/mol. The van der Waals surface area contributed by atoms with Crippen molar-refractivity contribution in [1.82, 2.24) is 49.8 Å². The normalized spacial score (nSPS) is 14.2. The SMILES string of the molecule is Cc1nc2c3c(ccc2[nH]1)CN=C3.Cc1nc2cc3c(cc2[nH]1)CC=C3.Cc1nc2cc3c(cc2[nH]1)CC=N3.Cc1nc2cc3c(cc2[nH]1)CCO3.Cc1nc2cc3c(cc2[nH]1)OCCO3. The molecule has 9 heterocycles. The van der Waals surface area contributed by atoms with Gasteiger partial charge in [0.25, 0.3) is 0 Å². The lowest BCUT2D eigenvalue weighted by Gasteiger charge is -2.17. The van der Waals surface area contributed by atoms with Crippen molar-refractivity contribution < 1.29 is 14.2 Å². The molecule has 0 saturated carbocycles. The molecule has 15 heteroatoms. The maximum absolute atomic E-state index is 5.47. The van der Waals surface area contributed by atoms with E-state index in [4.69, 9.17) is 14.2 Å². The minimum absolute atomic E-state index is 0.613. The summed E-state index contributed by atoms with van der Waals surface area (Å²) in [7, 11) is 0. The fourth-order valence-electron chi connectivity index (χ4n) is 8.90. The van der Waals surface area contributed by atoms with Gasteiger partial charge in [-0.25, -0.2) is 24.9 Å². The second kappa shape index (κ2) is 16.8. The first-order valence-corrected chi connectivity index (χ1v) is 22.2. The van der Waals surface area contributed by atoms with Crippen LogP contribution in [-0.4, -0.2) is 82.1 Å². The van der Waals surface area contributed by atoms with E-state index in [1.54, 1.807) is 0 Å². The van der Waals surface area contributed by atoms with Crippen LogP contribution >= 0.6 is 0 Å². The molecular formula is C51H48N12O3. The average Bonchev–Trinajstić information content (AvgIpc) is 4.15. The van der Waals surface area contributed by atoms with E-state index < -0.39 is 0 Å². The summed E-state index contributed by atoms with van der Waals surface area (Å²) < 4.78 is 16.4. The second-order valence-corrected chi connectivity index (χ2v) is 16.9. The molecule has 5 N–H and O–H groups in total. The topological polar surface area (TPSA) is 196 Å². The lowest BCUT2D eigenvalue weighted by Crippen LogP contribution is -2.15. The third-order valence-corrected chi connectivity index (χ3v) is 11.9. The molecule has 1 aliphatic carbocycles. The van der Waals surface area contributed by atoms with Crippen LogP contribution in [0.2, 0.25) is 0 Å². The molecule has 0 radical (unpaired) electrons. The van der Waals surface area contributed by atoms with Gasteiger partial charge in [-0.15, -0.1) is 0 Å². The fourth-order valence-corrected chi connectivity index (χ4v) is 8.90. The molecule has 0 spiro atoms. The number of imidazole rings is 5. The molecule has 0 bridgehead atoms. The van der Waals surface area contributed by atoms with E-state index in [2.05, 4.69) is 108 Å².